The monoisotopic (exact) mass is 293 g/mol. The highest BCUT2D eigenvalue weighted by Crippen LogP contribution is 2.31. The van der Waals surface area contributed by atoms with E-state index in [1.807, 2.05) is 6.92 Å². The second-order valence-corrected chi connectivity index (χ2v) is 5.69. The molecule has 8 heteroatoms. The average molecular weight is 293 g/mol. The van der Waals surface area contributed by atoms with E-state index in [2.05, 4.69) is 10.3 Å². The molecule has 1 aromatic rings. The number of amides is 2. The topological polar surface area (TPSA) is 45.2 Å². The van der Waals surface area contributed by atoms with Crippen LogP contribution in [0, 0.1) is 5.92 Å². The number of thiazole rings is 1. The molecule has 0 bridgehead atoms. The van der Waals surface area contributed by atoms with Crippen LogP contribution in [-0.4, -0.2) is 29.0 Å². The molecule has 0 aromatic carbocycles. The fraction of sp³-hybridized carbons (Fsp3) is 0.636. The number of hydrogen-bond donors (Lipinski definition) is 1. The minimum atomic E-state index is -4.43. The SMILES string of the molecule is C[C@H]1C[C@H]1NC(=O)N(C)Cc1nc(C(F)(F)F)cs1. The number of alkyl halides is 3. The van der Waals surface area contributed by atoms with Crippen LogP contribution in [0.3, 0.4) is 0 Å². The quantitative estimate of drug-likeness (QED) is 0.931. The molecule has 1 aliphatic rings. The molecule has 4 nitrogen and oxygen atoms in total. The maximum Gasteiger partial charge on any atom is 0.434 e. The van der Waals surface area contributed by atoms with Gasteiger partial charge in [0.1, 0.15) is 5.01 Å². The van der Waals surface area contributed by atoms with E-state index in [0.29, 0.717) is 5.92 Å². The lowest BCUT2D eigenvalue weighted by Gasteiger charge is -2.16. The van der Waals surface area contributed by atoms with Gasteiger partial charge in [-0.25, -0.2) is 9.78 Å². The Morgan fingerprint density at radius 3 is 2.74 bits per heavy atom. The Kier molecular flexibility index (Phi) is 3.71. The number of nitrogens with zero attached hydrogens (tertiary/aromatic N) is 2. The lowest BCUT2D eigenvalue weighted by atomic mass is 10.5. The van der Waals surface area contributed by atoms with Crippen LogP contribution < -0.4 is 5.32 Å². The summed E-state index contributed by atoms with van der Waals surface area (Å²) in [5.74, 6) is 0.481. The molecule has 1 aliphatic carbocycles. The number of carbonyl (C=O) groups is 1. The first-order valence-corrected chi connectivity index (χ1v) is 6.68. The van der Waals surface area contributed by atoms with Crippen LogP contribution in [0.25, 0.3) is 0 Å². The third-order valence-electron chi connectivity index (χ3n) is 2.98. The van der Waals surface area contributed by atoms with Crippen molar-refractivity contribution in [3.8, 4) is 0 Å². The van der Waals surface area contributed by atoms with E-state index in [0.717, 1.165) is 23.1 Å². The van der Waals surface area contributed by atoms with Gasteiger partial charge in [-0.15, -0.1) is 11.3 Å². The maximum absolute atomic E-state index is 12.4. The minimum Gasteiger partial charge on any atom is -0.335 e. The summed E-state index contributed by atoms with van der Waals surface area (Å²) in [5.41, 5.74) is -0.905. The molecule has 2 atom stereocenters. The van der Waals surface area contributed by atoms with E-state index in [1.165, 1.54) is 11.9 Å². The molecule has 1 fully saturated rings. The summed E-state index contributed by atoms with van der Waals surface area (Å²) in [6.07, 6.45) is -3.48. The molecular weight excluding hydrogens is 279 g/mol. The third kappa shape index (κ3) is 3.59. The number of rotatable bonds is 3. The summed E-state index contributed by atoms with van der Waals surface area (Å²) in [4.78, 5) is 16.5. The van der Waals surface area contributed by atoms with Gasteiger partial charge in [0.05, 0.1) is 6.54 Å². The van der Waals surface area contributed by atoms with Crippen molar-refractivity contribution in [3.63, 3.8) is 0 Å². The van der Waals surface area contributed by atoms with Crippen LogP contribution in [0.5, 0.6) is 0 Å². The van der Waals surface area contributed by atoms with Crippen LogP contribution in [0.4, 0.5) is 18.0 Å². The van der Waals surface area contributed by atoms with Crippen molar-refractivity contribution in [2.75, 3.05) is 7.05 Å². The number of halogens is 3. The van der Waals surface area contributed by atoms with Crippen molar-refractivity contribution in [2.45, 2.75) is 32.1 Å². The molecule has 0 spiro atoms. The van der Waals surface area contributed by atoms with Crippen LogP contribution in [0.1, 0.15) is 24.0 Å². The first kappa shape index (κ1) is 14.1. The van der Waals surface area contributed by atoms with E-state index in [4.69, 9.17) is 0 Å². The molecule has 2 amide bonds. The van der Waals surface area contributed by atoms with E-state index >= 15 is 0 Å². The zero-order valence-electron chi connectivity index (χ0n) is 10.5. The normalized spacial score (nSPS) is 22.2. The number of nitrogens with one attached hydrogen (secondary N) is 1. The molecule has 1 aromatic heterocycles. The summed E-state index contributed by atoms with van der Waals surface area (Å²) in [6, 6.07) is -0.0879. The minimum absolute atomic E-state index is 0.0771. The zero-order chi connectivity index (χ0) is 14.2. The molecule has 19 heavy (non-hydrogen) atoms. The summed E-state index contributed by atoms with van der Waals surface area (Å²) in [6.45, 7) is 2.11. The highest BCUT2D eigenvalue weighted by atomic mass is 32.1. The molecule has 0 unspecified atom stereocenters. The Morgan fingerprint density at radius 2 is 2.26 bits per heavy atom. The Morgan fingerprint density at radius 1 is 1.63 bits per heavy atom. The third-order valence-corrected chi connectivity index (χ3v) is 3.81. The van der Waals surface area contributed by atoms with Gasteiger partial charge in [-0.3, -0.25) is 0 Å². The van der Waals surface area contributed by atoms with Gasteiger partial charge < -0.3 is 10.2 Å². The Hall–Kier alpha value is -1.31. The Balaban J connectivity index is 1.89. The largest absolute Gasteiger partial charge is 0.434 e. The van der Waals surface area contributed by atoms with Crippen molar-refractivity contribution >= 4 is 17.4 Å². The van der Waals surface area contributed by atoms with Crippen LogP contribution in [0.2, 0.25) is 0 Å². The molecule has 2 rings (SSSR count). The van der Waals surface area contributed by atoms with E-state index in [9.17, 15) is 18.0 Å². The van der Waals surface area contributed by atoms with Crippen molar-refractivity contribution in [1.29, 1.82) is 0 Å². The predicted molar refractivity (Wildman–Crippen MR) is 64.7 cm³/mol. The van der Waals surface area contributed by atoms with E-state index in [1.54, 1.807) is 0 Å². The second-order valence-electron chi connectivity index (χ2n) is 4.75. The maximum atomic E-state index is 12.4. The lowest BCUT2D eigenvalue weighted by molar-refractivity contribution is -0.140. The Labute approximate surface area is 112 Å². The number of aromatic nitrogens is 1. The molecule has 1 heterocycles. The van der Waals surface area contributed by atoms with Crippen LogP contribution in [0.15, 0.2) is 5.38 Å². The van der Waals surface area contributed by atoms with E-state index in [-0.39, 0.29) is 23.6 Å². The number of carbonyl (C=O) groups excluding carboxylic acids is 1. The number of hydrogen-bond acceptors (Lipinski definition) is 3. The molecule has 106 valence electrons. The van der Waals surface area contributed by atoms with Crippen LogP contribution in [-0.2, 0) is 12.7 Å². The molecule has 0 radical (unpaired) electrons. The van der Waals surface area contributed by atoms with Gasteiger partial charge in [0.15, 0.2) is 5.69 Å². The van der Waals surface area contributed by atoms with Crippen LogP contribution >= 0.6 is 11.3 Å². The second kappa shape index (κ2) is 4.99. The fourth-order valence-electron chi connectivity index (χ4n) is 1.58. The van der Waals surface area contributed by atoms with Gasteiger partial charge in [-0.2, -0.15) is 13.2 Å². The molecule has 1 saturated carbocycles. The van der Waals surface area contributed by atoms with Gasteiger partial charge in [0, 0.05) is 18.5 Å². The van der Waals surface area contributed by atoms with Gasteiger partial charge >= 0.3 is 12.2 Å². The fourth-order valence-corrected chi connectivity index (χ4v) is 2.43. The van der Waals surface area contributed by atoms with Crippen molar-refractivity contribution in [1.82, 2.24) is 15.2 Å². The Bertz CT molecular complexity index is 474. The molecule has 0 aliphatic heterocycles. The smallest absolute Gasteiger partial charge is 0.335 e. The van der Waals surface area contributed by atoms with Gasteiger partial charge in [0.25, 0.3) is 0 Å². The highest BCUT2D eigenvalue weighted by molar-refractivity contribution is 7.09. The van der Waals surface area contributed by atoms with Crippen molar-refractivity contribution < 1.29 is 18.0 Å². The van der Waals surface area contributed by atoms with Crippen molar-refractivity contribution in [3.05, 3.63) is 16.1 Å². The zero-order valence-corrected chi connectivity index (χ0v) is 11.3. The summed E-state index contributed by atoms with van der Waals surface area (Å²) in [7, 11) is 1.54. The van der Waals surface area contributed by atoms with Gasteiger partial charge in [-0.05, 0) is 12.3 Å². The van der Waals surface area contributed by atoms with Gasteiger partial charge in [0.2, 0.25) is 0 Å². The summed E-state index contributed by atoms with van der Waals surface area (Å²) in [5, 5.41) is 4.04. The van der Waals surface area contributed by atoms with Crippen molar-refractivity contribution in [2.24, 2.45) is 5.92 Å². The molecule has 1 N–H and O–H groups in total. The molecule has 0 saturated heterocycles. The lowest BCUT2D eigenvalue weighted by Crippen LogP contribution is -2.38. The average Bonchev–Trinajstić information content (AvgIpc) is 2.78. The summed E-state index contributed by atoms with van der Waals surface area (Å²) < 4.78 is 37.1. The van der Waals surface area contributed by atoms with E-state index < -0.39 is 11.9 Å². The first-order valence-electron chi connectivity index (χ1n) is 5.80. The standard InChI is InChI=1S/C11H14F3N3OS/c1-6-3-7(6)15-10(18)17(2)4-9-16-8(5-19-9)11(12,13)14/h5-7H,3-4H2,1-2H3,(H,15,18)/t6-,7+/m0/s1. The summed E-state index contributed by atoms with van der Waals surface area (Å²) >= 11 is 0.904. The predicted octanol–water partition coefficient (Wildman–Crippen LogP) is 2.71. The van der Waals surface area contributed by atoms with Gasteiger partial charge in [-0.1, -0.05) is 6.92 Å². The number of urea groups is 1. The highest BCUT2D eigenvalue weighted by Gasteiger charge is 2.35. The first-order chi connectivity index (χ1) is 8.77. The molecular formula is C11H14F3N3OS.